The molecule has 0 amide bonds. The SMILES string of the molecule is CC(C)(C)c1cc(-c2nc(-c3cc(C(C)(C)C)cc(C(C)(C)C)c3)nc(-c3ccc(-n4c5ccccc5c5cc(-n6c7ccccc7c7ccccc76)ccc54)c(-c4ccc(-c5cccc(C#N)c5)cc4-n4c5ccccc5c5cc(-n6c7ccccc7c7ccccc76)ccc54)c3)n2)cc(C(C)(C)C)c1. The van der Waals surface area contributed by atoms with Crippen LogP contribution in [0.5, 0.6) is 0 Å². The highest BCUT2D eigenvalue weighted by molar-refractivity contribution is 6.15. The molecular formula is C98H82N8. The molecule has 0 atom stereocenters. The molecule has 0 radical (unpaired) electrons. The zero-order valence-corrected chi connectivity index (χ0v) is 62.1. The highest BCUT2D eigenvalue weighted by Crippen LogP contribution is 2.47. The van der Waals surface area contributed by atoms with Gasteiger partial charge in [-0.2, -0.15) is 5.26 Å². The van der Waals surface area contributed by atoms with Crippen molar-refractivity contribution in [3.8, 4) is 85.2 Å². The first-order chi connectivity index (χ1) is 51.0. The first kappa shape index (κ1) is 65.6. The molecule has 0 unspecified atom stereocenters. The number of aromatic nitrogens is 7. The molecule has 0 aliphatic heterocycles. The Morgan fingerprint density at radius 2 is 0.585 bits per heavy atom. The molecule has 0 fully saturated rings. The van der Waals surface area contributed by atoms with E-state index in [0.717, 1.165) is 127 Å². The summed E-state index contributed by atoms with van der Waals surface area (Å²) in [6.07, 6.45) is 0. The van der Waals surface area contributed by atoms with Crippen molar-refractivity contribution >= 4 is 87.2 Å². The molecule has 0 saturated carbocycles. The second-order valence-electron chi connectivity index (χ2n) is 32.9. The number of para-hydroxylation sites is 6. The standard InChI is InChI=1S/C98H82N8/c1-95(2,3)66-49-64(50-67(55-66)96(4,5)6)93-100-92(101-94(102-93)65-51-68(97(7,8)9)56-69(52-65)98(10,11)12)63-41-45-88(105-86-38-23-17-32-76(86)80-57-70(42-46-89(80)105)103-82-34-19-13-28-72(82)73-29-14-20-35-83(73)103)79(53-63)78-44-40-62(61-27-25-26-60(48-61)59-99)54-91(78)106-87-39-24-18-33-77(87)81-58-71(43-47-90(81)106)104-84-36-21-15-30-74(84)75-31-16-22-37-85(75)104/h13-58H,1-12H3. The molecule has 514 valence electrons. The summed E-state index contributed by atoms with van der Waals surface area (Å²) in [5, 5.41) is 19.8. The largest absolute Gasteiger partial charge is 0.309 e. The van der Waals surface area contributed by atoms with Gasteiger partial charge >= 0.3 is 0 Å². The number of fused-ring (bicyclic) bond motifs is 12. The summed E-state index contributed by atoms with van der Waals surface area (Å²) in [5.74, 6) is 1.78. The van der Waals surface area contributed by atoms with E-state index in [1.54, 1.807) is 0 Å². The highest BCUT2D eigenvalue weighted by Gasteiger charge is 2.29. The summed E-state index contributed by atoms with van der Waals surface area (Å²) in [7, 11) is 0. The Bertz CT molecular complexity index is 6440. The van der Waals surface area contributed by atoms with E-state index < -0.39 is 0 Å². The van der Waals surface area contributed by atoms with Gasteiger partial charge in [-0.3, -0.25) is 0 Å². The Morgan fingerprint density at radius 1 is 0.245 bits per heavy atom. The van der Waals surface area contributed by atoms with Crippen LogP contribution in [0.4, 0.5) is 0 Å². The van der Waals surface area contributed by atoms with Gasteiger partial charge in [-0.05, 0) is 189 Å². The minimum absolute atomic E-state index is 0.168. The Balaban J connectivity index is 0.946. The molecule has 0 aliphatic carbocycles. The Kier molecular flexibility index (Phi) is 15.1. The van der Waals surface area contributed by atoms with Gasteiger partial charge in [0.25, 0.3) is 0 Å². The average Bonchev–Trinajstić information content (AvgIpc) is 1.56. The summed E-state index contributed by atoms with van der Waals surface area (Å²) in [6, 6.07) is 105. The zero-order valence-electron chi connectivity index (χ0n) is 62.1. The van der Waals surface area contributed by atoms with Crippen molar-refractivity contribution in [3.63, 3.8) is 0 Å². The molecule has 18 rings (SSSR count). The van der Waals surface area contributed by atoms with Crippen LogP contribution in [0.3, 0.4) is 0 Å². The summed E-state index contributed by atoms with van der Waals surface area (Å²) < 4.78 is 9.77. The van der Waals surface area contributed by atoms with E-state index in [4.69, 9.17) is 15.0 Å². The number of nitrogens with zero attached hydrogens (tertiary/aromatic N) is 8. The smallest absolute Gasteiger partial charge is 0.164 e. The minimum Gasteiger partial charge on any atom is -0.309 e. The van der Waals surface area contributed by atoms with Crippen LogP contribution in [0, 0.1) is 11.3 Å². The van der Waals surface area contributed by atoms with Gasteiger partial charge in [0.15, 0.2) is 17.5 Å². The second-order valence-corrected chi connectivity index (χ2v) is 32.9. The first-order valence-corrected chi connectivity index (χ1v) is 37.0. The van der Waals surface area contributed by atoms with E-state index in [-0.39, 0.29) is 21.7 Å². The first-order valence-electron chi connectivity index (χ1n) is 37.0. The van der Waals surface area contributed by atoms with Crippen LogP contribution >= 0.6 is 0 Å². The van der Waals surface area contributed by atoms with Gasteiger partial charge in [-0.25, -0.2) is 15.0 Å². The number of rotatable bonds is 9. The molecule has 5 aromatic heterocycles. The van der Waals surface area contributed by atoms with Gasteiger partial charge in [0.2, 0.25) is 0 Å². The summed E-state index contributed by atoms with van der Waals surface area (Å²) in [5.41, 5.74) is 24.3. The van der Waals surface area contributed by atoms with Crippen molar-refractivity contribution in [3.05, 3.63) is 307 Å². The van der Waals surface area contributed by atoms with Crippen molar-refractivity contribution in [2.24, 2.45) is 0 Å². The summed E-state index contributed by atoms with van der Waals surface area (Å²) in [4.78, 5) is 17.1. The summed E-state index contributed by atoms with van der Waals surface area (Å²) in [6.45, 7) is 27.4. The van der Waals surface area contributed by atoms with Crippen LogP contribution in [-0.2, 0) is 21.7 Å². The summed E-state index contributed by atoms with van der Waals surface area (Å²) >= 11 is 0. The number of hydrogen-bond donors (Lipinski definition) is 0. The third-order valence-corrected chi connectivity index (χ3v) is 21.8. The molecule has 0 N–H and O–H groups in total. The van der Waals surface area contributed by atoms with Gasteiger partial charge in [-0.1, -0.05) is 229 Å². The lowest BCUT2D eigenvalue weighted by Gasteiger charge is -2.26. The Labute approximate surface area is 618 Å². The third kappa shape index (κ3) is 11.0. The third-order valence-electron chi connectivity index (χ3n) is 21.8. The van der Waals surface area contributed by atoms with E-state index in [1.165, 1.54) is 43.8 Å². The van der Waals surface area contributed by atoms with Crippen LogP contribution in [0.2, 0.25) is 0 Å². The van der Waals surface area contributed by atoms with Crippen LogP contribution in [0.1, 0.15) is 111 Å². The lowest BCUT2D eigenvalue weighted by molar-refractivity contribution is 0.568. The van der Waals surface area contributed by atoms with Gasteiger partial charge < -0.3 is 18.3 Å². The minimum atomic E-state index is -0.168. The van der Waals surface area contributed by atoms with Gasteiger partial charge in [0.1, 0.15) is 0 Å². The van der Waals surface area contributed by atoms with Crippen molar-refractivity contribution in [1.29, 1.82) is 5.26 Å². The molecule has 8 nitrogen and oxygen atoms in total. The molecular weight excluding hydrogens is 1290 g/mol. The van der Waals surface area contributed by atoms with Crippen LogP contribution in [-0.4, -0.2) is 33.2 Å². The molecule has 106 heavy (non-hydrogen) atoms. The van der Waals surface area contributed by atoms with Crippen LogP contribution in [0.25, 0.3) is 166 Å². The normalized spacial score (nSPS) is 12.5. The van der Waals surface area contributed by atoms with Crippen LogP contribution in [0.15, 0.2) is 279 Å². The maximum absolute atomic E-state index is 10.5. The number of nitriles is 1. The maximum Gasteiger partial charge on any atom is 0.164 e. The second kappa shape index (κ2) is 24.3. The fourth-order valence-electron chi connectivity index (χ4n) is 16.1. The fraction of sp³-hybridized carbons (Fsp3) is 0.163. The monoisotopic (exact) mass is 1370 g/mol. The molecule has 0 aliphatic rings. The number of benzene rings is 13. The number of hydrogen-bond acceptors (Lipinski definition) is 4. The highest BCUT2D eigenvalue weighted by atomic mass is 15.0. The van der Waals surface area contributed by atoms with E-state index in [9.17, 15) is 5.26 Å². The van der Waals surface area contributed by atoms with Crippen molar-refractivity contribution in [1.82, 2.24) is 33.2 Å². The quantitative estimate of drug-likeness (QED) is 0.144. The Morgan fingerprint density at radius 3 is 0.981 bits per heavy atom. The molecule has 13 aromatic carbocycles. The molecule has 0 saturated heterocycles. The van der Waals surface area contributed by atoms with Gasteiger partial charge in [0, 0.05) is 82.3 Å². The van der Waals surface area contributed by atoms with Crippen molar-refractivity contribution < 1.29 is 0 Å². The average molecular weight is 1370 g/mol. The lowest BCUT2D eigenvalue weighted by atomic mass is 9.79. The molecule has 5 heterocycles. The van der Waals surface area contributed by atoms with E-state index in [0.29, 0.717) is 23.0 Å². The predicted molar refractivity (Wildman–Crippen MR) is 444 cm³/mol. The fourth-order valence-corrected chi connectivity index (χ4v) is 16.1. The van der Waals surface area contributed by atoms with Gasteiger partial charge in [0.05, 0.1) is 67.1 Å². The zero-order chi connectivity index (χ0) is 72.9. The molecule has 18 aromatic rings. The van der Waals surface area contributed by atoms with E-state index >= 15 is 0 Å². The lowest BCUT2D eigenvalue weighted by Crippen LogP contribution is -2.17. The van der Waals surface area contributed by atoms with Crippen molar-refractivity contribution in [2.45, 2.75) is 105 Å². The van der Waals surface area contributed by atoms with Crippen molar-refractivity contribution in [2.75, 3.05) is 0 Å². The molecule has 0 spiro atoms. The van der Waals surface area contributed by atoms with E-state index in [1.807, 2.05) is 18.2 Å². The topological polar surface area (TPSA) is 82.2 Å². The van der Waals surface area contributed by atoms with E-state index in [2.05, 4.69) is 368 Å². The maximum atomic E-state index is 10.5. The van der Waals surface area contributed by atoms with Gasteiger partial charge in [-0.15, -0.1) is 0 Å². The molecule has 8 heteroatoms. The predicted octanol–water partition coefficient (Wildman–Crippen LogP) is 25.7. The molecule has 0 bridgehead atoms. The Hall–Kier alpha value is -12.4. The van der Waals surface area contributed by atoms with Crippen LogP contribution < -0.4 is 0 Å².